The van der Waals surface area contributed by atoms with Crippen LogP contribution in [0.25, 0.3) is 0 Å². The predicted molar refractivity (Wildman–Crippen MR) is 73.1 cm³/mol. The van der Waals surface area contributed by atoms with Gasteiger partial charge in [-0.15, -0.1) is 11.6 Å². The fourth-order valence-corrected chi connectivity index (χ4v) is 2.94. The lowest BCUT2D eigenvalue weighted by Crippen LogP contribution is -2.34. The maximum absolute atomic E-state index is 13.4. The minimum atomic E-state index is -3.92. The standard InChI is InChI=1S/C12H18ClFN2O2S/c1-12(2,6-4-7-13)9-16-19(17,18)11-10(14)5-3-8-15-11/h3,5,8,16H,4,6-7,9H2,1-2H3. The average molecular weight is 309 g/mol. The first-order valence-corrected chi connectivity index (χ1v) is 7.96. The Morgan fingerprint density at radius 3 is 2.74 bits per heavy atom. The smallest absolute Gasteiger partial charge is 0.241 e. The molecule has 0 aliphatic rings. The van der Waals surface area contributed by atoms with Crippen LogP contribution >= 0.6 is 11.6 Å². The molecule has 0 unspecified atom stereocenters. The first kappa shape index (κ1) is 16.3. The van der Waals surface area contributed by atoms with Gasteiger partial charge in [0.05, 0.1) is 0 Å². The lowest BCUT2D eigenvalue weighted by atomic mass is 9.88. The summed E-state index contributed by atoms with van der Waals surface area (Å²) in [4.78, 5) is 3.57. The van der Waals surface area contributed by atoms with Crippen molar-refractivity contribution in [1.29, 1.82) is 0 Å². The molecule has 0 aliphatic carbocycles. The maximum atomic E-state index is 13.4. The molecule has 0 spiro atoms. The van der Waals surface area contributed by atoms with Crippen LogP contribution < -0.4 is 4.72 Å². The van der Waals surface area contributed by atoms with Gasteiger partial charge in [0.15, 0.2) is 5.82 Å². The summed E-state index contributed by atoms with van der Waals surface area (Å²) in [5.74, 6) is -0.320. The number of aromatic nitrogens is 1. The summed E-state index contributed by atoms with van der Waals surface area (Å²) in [5, 5.41) is -0.567. The normalized spacial score (nSPS) is 12.6. The summed E-state index contributed by atoms with van der Waals surface area (Å²) in [5.41, 5.74) is -0.243. The summed E-state index contributed by atoms with van der Waals surface area (Å²) < 4.78 is 39.7. The topological polar surface area (TPSA) is 59.1 Å². The van der Waals surface area contributed by atoms with Crippen LogP contribution in [0.3, 0.4) is 0 Å². The number of halogens is 2. The molecule has 0 saturated carbocycles. The van der Waals surface area contributed by atoms with Crippen LogP contribution in [0.4, 0.5) is 4.39 Å². The van der Waals surface area contributed by atoms with Crippen molar-refractivity contribution in [3.63, 3.8) is 0 Å². The molecule has 0 fully saturated rings. The van der Waals surface area contributed by atoms with Crippen molar-refractivity contribution in [1.82, 2.24) is 9.71 Å². The highest BCUT2D eigenvalue weighted by atomic mass is 35.5. The van der Waals surface area contributed by atoms with Crippen molar-refractivity contribution < 1.29 is 12.8 Å². The molecule has 1 aromatic rings. The Morgan fingerprint density at radius 2 is 2.16 bits per heavy atom. The molecule has 4 nitrogen and oxygen atoms in total. The summed E-state index contributed by atoms with van der Waals surface area (Å²) in [6.45, 7) is 4.07. The van der Waals surface area contributed by atoms with Gasteiger partial charge in [0.1, 0.15) is 0 Å². The van der Waals surface area contributed by atoms with Gasteiger partial charge in [-0.25, -0.2) is 22.5 Å². The molecule has 0 radical (unpaired) electrons. The minimum Gasteiger partial charge on any atom is -0.241 e. The Kier molecular flexibility index (Phi) is 5.70. The molecule has 1 rings (SSSR count). The van der Waals surface area contributed by atoms with E-state index in [0.29, 0.717) is 5.88 Å². The van der Waals surface area contributed by atoms with Crippen molar-refractivity contribution in [2.24, 2.45) is 5.41 Å². The molecule has 0 amide bonds. The monoisotopic (exact) mass is 308 g/mol. The van der Waals surface area contributed by atoms with Gasteiger partial charge in [-0.2, -0.15) is 0 Å². The molecule has 108 valence electrons. The molecule has 1 aromatic heterocycles. The van der Waals surface area contributed by atoms with Crippen LogP contribution in [-0.4, -0.2) is 25.8 Å². The molecule has 0 saturated heterocycles. The second-order valence-corrected chi connectivity index (χ2v) is 7.13. The van der Waals surface area contributed by atoms with Crippen molar-refractivity contribution in [2.45, 2.75) is 31.7 Å². The average Bonchev–Trinajstić information content (AvgIpc) is 2.35. The van der Waals surface area contributed by atoms with Crippen molar-refractivity contribution in [3.05, 3.63) is 24.1 Å². The number of hydrogen-bond acceptors (Lipinski definition) is 3. The molecule has 19 heavy (non-hydrogen) atoms. The number of nitrogens with one attached hydrogen (secondary N) is 1. The number of pyridine rings is 1. The van der Waals surface area contributed by atoms with E-state index >= 15 is 0 Å². The molecular formula is C12H18ClFN2O2S. The zero-order valence-electron chi connectivity index (χ0n) is 11.0. The lowest BCUT2D eigenvalue weighted by Gasteiger charge is -2.24. The zero-order valence-corrected chi connectivity index (χ0v) is 12.6. The van der Waals surface area contributed by atoms with Crippen molar-refractivity contribution in [3.8, 4) is 0 Å². The fourth-order valence-electron chi connectivity index (χ4n) is 1.56. The second kappa shape index (κ2) is 6.63. The number of alkyl halides is 1. The highest BCUT2D eigenvalue weighted by Gasteiger charge is 2.24. The Balaban J connectivity index is 2.74. The third kappa shape index (κ3) is 5.04. The van der Waals surface area contributed by atoms with E-state index in [1.54, 1.807) is 0 Å². The Morgan fingerprint density at radius 1 is 1.47 bits per heavy atom. The molecule has 0 atom stereocenters. The van der Waals surface area contributed by atoms with Gasteiger partial charge >= 0.3 is 0 Å². The first-order chi connectivity index (χ1) is 8.78. The molecule has 7 heteroatoms. The fraction of sp³-hybridized carbons (Fsp3) is 0.583. The number of sulfonamides is 1. The van der Waals surface area contributed by atoms with E-state index < -0.39 is 20.9 Å². The number of hydrogen-bond donors (Lipinski definition) is 1. The van der Waals surface area contributed by atoms with Crippen LogP contribution in [0.2, 0.25) is 0 Å². The number of nitrogens with zero attached hydrogens (tertiary/aromatic N) is 1. The highest BCUT2D eigenvalue weighted by molar-refractivity contribution is 7.89. The highest BCUT2D eigenvalue weighted by Crippen LogP contribution is 2.22. The second-order valence-electron chi connectivity index (χ2n) is 5.07. The van der Waals surface area contributed by atoms with Crippen LogP contribution in [-0.2, 0) is 10.0 Å². The van der Waals surface area contributed by atoms with Crippen molar-refractivity contribution >= 4 is 21.6 Å². The molecule has 0 bridgehead atoms. The molecular weight excluding hydrogens is 291 g/mol. The summed E-state index contributed by atoms with van der Waals surface area (Å²) in [7, 11) is -3.92. The van der Waals surface area contributed by atoms with E-state index in [0.717, 1.165) is 18.9 Å². The van der Waals surface area contributed by atoms with Crippen LogP contribution in [0.5, 0.6) is 0 Å². The predicted octanol–water partition coefficient (Wildman–Crippen LogP) is 2.54. The third-order valence-corrected chi connectivity index (χ3v) is 4.31. The van der Waals surface area contributed by atoms with Gasteiger partial charge < -0.3 is 0 Å². The van der Waals surface area contributed by atoms with E-state index in [1.165, 1.54) is 12.3 Å². The van der Waals surface area contributed by atoms with Gasteiger partial charge in [0, 0.05) is 18.6 Å². The van der Waals surface area contributed by atoms with E-state index in [1.807, 2.05) is 13.8 Å². The van der Waals surface area contributed by atoms with Crippen LogP contribution in [0, 0.1) is 11.2 Å². The summed E-state index contributed by atoms with van der Waals surface area (Å²) in [6, 6.07) is 2.42. The van der Waals surface area contributed by atoms with Gasteiger partial charge in [-0.05, 0) is 30.4 Å². The van der Waals surface area contributed by atoms with Crippen molar-refractivity contribution in [2.75, 3.05) is 12.4 Å². The molecule has 1 heterocycles. The summed E-state index contributed by atoms with van der Waals surface area (Å²) >= 11 is 5.62. The number of rotatable bonds is 7. The molecule has 0 aliphatic heterocycles. The maximum Gasteiger partial charge on any atom is 0.261 e. The Bertz CT molecular complexity index is 520. The van der Waals surface area contributed by atoms with E-state index in [4.69, 9.17) is 11.6 Å². The van der Waals surface area contributed by atoms with Gasteiger partial charge in [0.2, 0.25) is 5.03 Å². The van der Waals surface area contributed by atoms with Gasteiger partial charge in [-0.1, -0.05) is 13.8 Å². The largest absolute Gasteiger partial charge is 0.261 e. The first-order valence-electron chi connectivity index (χ1n) is 5.95. The van der Waals surface area contributed by atoms with E-state index in [2.05, 4.69) is 9.71 Å². The minimum absolute atomic E-state index is 0.211. The molecule has 1 N–H and O–H groups in total. The van der Waals surface area contributed by atoms with Gasteiger partial charge in [-0.3, -0.25) is 0 Å². The summed E-state index contributed by atoms with van der Waals surface area (Å²) in [6.07, 6.45) is 2.83. The Labute approximate surface area is 118 Å². The molecule has 0 aromatic carbocycles. The lowest BCUT2D eigenvalue weighted by molar-refractivity contribution is 0.331. The third-order valence-electron chi connectivity index (χ3n) is 2.71. The van der Waals surface area contributed by atoms with Gasteiger partial charge in [0.25, 0.3) is 10.0 Å². The Hall–Kier alpha value is -0.720. The van der Waals surface area contributed by atoms with E-state index in [-0.39, 0.29) is 12.0 Å². The van der Waals surface area contributed by atoms with Crippen LogP contribution in [0.15, 0.2) is 23.4 Å². The quantitative estimate of drug-likeness (QED) is 0.788. The SMILES string of the molecule is CC(C)(CCCCl)CNS(=O)(=O)c1ncccc1F. The van der Waals surface area contributed by atoms with E-state index in [9.17, 15) is 12.8 Å². The van der Waals surface area contributed by atoms with Crippen LogP contribution in [0.1, 0.15) is 26.7 Å². The zero-order chi connectivity index (χ0) is 14.5.